The van der Waals surface area contributed by atoms with E-state index in [-0.39, 0.29) is 24.2 Å². The van der Waals surface area contributed by atoms with Crippen LogP contribution in [0.5, 0.6) is 0 Å². The molecule has 0 spiro atoms. The third-order valence-corrected chi connectivity index (χ3v) is 4.09. The van der Waals surface area contributed by atoms with Gasteiger partial charge in [0.25, 0.3) is 0 Å². The normalized spacial score (nSPS) is 18.4. The SMILES string of the molecule is O=C(O)c1cn(CC(=O)N2CCOC(c3ccsc3)C2)nn1. The third-order valence-electron chi connectivity index (χ3n) is 3.39. The number of hydrogen-bond donors (Lipinski definition) is 1. The topological polar surface area (TPSA) is 97.5 Å². The highest BCUT2D eigenvalue weighted by molar-refractivity contribution is 7.07. The van der Waals surface area contributed by atoms with Crippen LogP contribution >= 0.6 is 11.3 Å². The number of carbonyl (C=O) groups excluding carboxylic acids is 1. The van der Waals surface area contributed by atoms with E-state index in [1.54, 1.807) is 16.2 Å². The summed E-state index contributed by atoms with van der Waals surface area (Å²) in [5.41, 5.74) is 0.891. The van der Waals surface area contributed by atoms with Crippen molar-refractivity contribution in [3.8, 4) is 0 Å². The monoisotopic (exact) mass is 322 g/mol. The van der Waals surface area contributed by atoms with Gasteiger partial charge in [0.15, 0.2) is 5.69 Å². The zero-order valence-corrected chi connectivity index (χ0v) is 12.4. The molecule has 2 aromatic rings. The quantitative estimate of drug-likeness (QED) is 0.887. The van der Waals surface area contributed by atoms with Gasteiger partial charge in [0.1, 0.15) is 12.6 Å². The van der Waals surface area contributed by atoms with Crippen molar-refractivity contribution in [2.75, 3.05) is 19.7 Å². The summed E-state index contributed by atoms with van der Waals surface area (Å²) in [6.45, 7) is 1.44. The highest BCUT2D eigenvalue weighted by Gasteiger charge is 2.26. The van der Waals surface area contributed by atoms with Gasteiger partial charge >= 0.3 is 5.97 Å². The second-order valence-electron chi connectivity index (χ2n) is 4.86. The number of carboxylic acid groups (broad SMARTS) is 1. The second-order valence-corrected chi connectivity index (χ2v) is 5.64. The fraction of sp³-hybridized carbons (Fsp3) is 0.385. The molecule has 1 aliphatic heterocycles. The first-order valence-corrected chi connectivity index (χ1v) is 7.62. The Morgan fingerprint density at radius 2 is 2.36 bits per heavy atom. The Hall–Kier alpha value is -2.26. The van der Waals surface area contributed by atoms with Crippen LogP contribution < -0.4 is 0 Å². The van der Waals surface area contributed by atoms with Crippen LogP contribution in [0, 0.1) is 0 Å². The van der Waals surface area contributed by atoms with E-state index in [4.69, 9.17) is 9.84 Å². The molecule has 116 valence electrons. The Labute approximate surface area is 129 Å². The van der Waals surface area contributed by atoms with Gasteiger partial charge in [0.2, 0.25) is 5.91 Å². The van der Waals surface area contributed by atoms with E-state index < -0.39 is 5.97 Å². The standard InChI is InChI=1S/C13H14N4O4S/c18-12(7-17-5-10(13(19)20)14-15-17)16-2-3-21-11(6-16)9-1-4-22-8-9/h1,4-5,8,11H,2-3,6-7H2,(H,19,20). The molecule has 1 saturated heterocycles. The Morgan fingerprint density at radius 1 is 1.50 bits per heavy atom. The number of carboxylic acids is 1. The van der Waals surface area contributed by atoms with Crippen molar-refractivity contribution in [2.24, 2.45) is 0 Å². The Morgan fingerprint density at radius 3 is 3.05 bits per heavy atom. The minimum atomic E-state index is -1.16. The number of morpholine rings is 1. The van der Waals surface area contributed by atoms with E-state index in [0.29, 0.717) is 19.7 Å². The first-order valence-electron chi connectivity index (χ1n) is 6.68. The van der Waals surface area contributed by atoms with Crippen molar-refractivity contribution < 1.29 is 19.4 Å². The molecule has 1 N–H and O–H groups in total. The average Bonchev–Trinajstić information content (AvgIpc) is 3.19. The predicted octanol–water partition coefficient (Wildman–Crippen LogP) is 0.638. The highest BCUT2D eigenvalue weighted by atomic mass is 32.1. The largest absolute Gasteiger partial charge is 0.476 e. The first-order chi connectivity index (χ1) is 10.6. The number of ether oxygens (including phenoxy) is 1. The molecule has 1 atom stereocenters. The van der Waals surface area contributed by atoms with Gasteiger partial charge in [-0.05, 0) is 22.4 Å². The molecular weight excluding hydrogens is 308 g/mol. The molecule has 1 unspecified atom stereocenters. The number of aromatic carboxylic acids is 1. The fourth-order valence-corrected chi connectivity index (χ4v) is 2.95. The minimum absolute atomic E-state index is 0.0311. The molecule has 8 nitrogen and oxygen atoms in total. The molecule has 0 bridgehead atoms. The molecule has 0 aliphatic carbocycles. The van der Waals surface area contributed by atoms with E-state index in [0.717, 1.165) is 5.56 Å². The van der Waals surface area contributed by atoms with Crippen LogP contribution in [0.3, 0.4) is 0 Å². The molecule has 0 aromatic carbocycles. The lowest BCUT2D eigenvalue weighted by molar-refractivity contribution is -0.139. The Kier molecular flexibility index (Phi) is 4.16. The van der Waals surface area contributed by atoms with Crippen molar-refractivity contribution in [3.63, 3.8) is 0 Å². The van der Waals surface area contributed by atoms with E-state index in [1.807, 2.05) is 16.8 Å². The van der Waals surface area contributed by atoms with Gasteiger partial charge in [0, 0.05) is 6.54 Å². The summed E-state index contributed by atoms with van der Waals surface area (Å²) in [4.78, 5) is 24.8. The maximum absolute atomic E-state index is 12.3. The van der Waals surface area contributed by atoms with Crippen molar-refractivity contribution in [1.29, 1.82) is 0 Å². The molecule has 22 heavy (non-hydrogen) atoms. The molecule has 0 radical (unpaired) electrons. The zero-order chi connectivity index (χ0) is 15.5. The third kappa shape index (κ3) is 3.15. The number of thiophene rings is 1. The molecular formula is C13H14N4O4S. The van der Waals surface area contributed by atoms with Gasteiger partial charge in [0.05, 0.1) is 19.3 Å². The maximum Gasteiger partial charge on any atom is 0.358 e. The van der Waals surface area contributed by atoms with Crippen molar-refractivity contribution in [2.45, 2.75) is 12.6 Å². The van der Waals surface area contributed by atoms with Crippen molar-refractivity contribution >= 4 is 23.2 Å². The fourth-order valence-electron chi connectivity index (χ4n) is 2.25. The molecule has 3 heterocycles. The summed E-state index contributed by atoms with van der Waals surface area (Å²) in [5, 5.41) is 19.9. The van der Waals surface area contributed by atoms with Crippen molar-refractivity contribution in [3.05, 3.63) is 34.3 Å². The van der Waals surface area contributed by atoms with E-state index in [9.17, 15) is 9.59 Å². The van der Waals surface area contributed by atoms with Crippen LogP contribution in [0.1, 0.15) is 22.2 Å². The lowest BCUT2D eigenvalue weighted by atomic mass is 10.1. The molecule has 1 amide bonds. The molecule has 2 aromatic heterocycles. The second kappa shape index (κ2) is 6.24. The summed E-state index contributed by atoms with van der Waals surface area (Å²) in [6, 6.07) is 1.99. The number of amides is 1. The smallest absolute Gasteiger partial charge is 0.358 e. The number of nitrogens with zero attached hydrogens (tertiary/aromatic N) is 4. The van der Waals surface area contributed by atoms with Gasteiger partial charge in [-0.2, -0.15) is 11.3 Å². The molecule has 3 rings (SSSR count). The predicted molar refractivity (Wildman–Crippen MR) is 76.6 cm³/mol. The van der Waals surface area contributed by atoms with Crippen LogP contribution in [0.4, 0.5) is 0 Å². The summed E-state index contributed by atoms with van der Waals surface area (Å²) < 4.78 is 6.93. The average molecular weight is 322 g/mol. The van der Waals surface area contributed by atoms with E-state index in [1.165, 1.54) is 10.9 Å². The number of rotatable bonds is 4. The lowest BCUT2D eigenvalue weighted by Crippen LogP contribution is -2.43. The molecule has 1 fully saturated rings. The van der Waals surface area contributed by atoms with Crippen LogP contribution in [-0.2, 0) is 16.1 Å². The van der Waals surface area contributed by atoms with Gasteiger partial charge < -0.3 is 14.7 Å². The summed E-state index contributed by atoms with van der Waals surface area (Å²) in [6.07, 6.45) is 1.13. The summed E-state index contributed by atoms with van der Waals surface area (Å²) in [7, 11) is 0. The highest BCUT2D eigenvalue weighted by Crippen LogP contribution is 2.24. The Bertz CT molecular complexity index is 669. The lowest BCUT2D eigenvalue weighted by Gasteiger charge is -2.32. The van der Waals surface area contributed by atoms with E-state index >= 15 is 0 Å². The maximum atomic E-state index is 12.3. The van der Waals surface area contributed by atoms with Crippen LogP contribution in [0.25, 0.3) is 0 Å². The van der Waals surface area contributed by atoms with Crippen molar-refractivity contribution in [1.82, 2.24) is 19.9 Å². The number of aromatic nitrogens is 3. The van der Waals surface area contributed by atoms with Crippen LogP contribution in [-0.4, -0.2) is 56.6 Å². The molecule has 0 saturated carbocycles. The Balaban J connectivity index is 1.62. The minimum Gasteiger partial charge on any atom is -0.476 e. The number of carbonyl (C=O) groups is 2. The summed E-state index contributed by atoms with van der Waals surface area (Å²) in [5.74, 6) is -1.30. The zero-order valence-electron chi connectivity index (χ0n) is 11.6. The molecule has 1 aliphatic rings. The van der Waals surface area contributed by atoms with Gasteiger partial charge in [-0.3, -0.25) is 4.79 Å². The summed E-state index contributed by atoms with van der Waals surface area (Å²) >= 11 is 1.59. The van der Waals surface area contributed by atoms with E-state index in [2.05, 4.69) is 10.3 Å². The first kappa shape index (κ1) is 14.7. The van der Waals surface area contributed by atoms with Gasteiger partial charge in [-0.15, -0.1) is 5.10 Å². The van der Waals surface area contributed by atoms with Gasteiger partial charge in [-0.25, -0.2) is 9.48 Å². The van der Waals surface area contributed by atoms with Crippen LogP contribution in [0.2, 0.25) is 0 Å². The van der Waals surface area contributed by atoms with Gasteiger partial charge in [-0.1, -0.05) is 5.21 Å². The molecule has 9 heteroatoms. The van der Waals surface area contributed by atoms with Crippen LogP contribution in [0.15, 0.2) is 23.0 Å². The number of hydrogen-bond acceptors (Lipinski definition) is 6.